The minimum absolute atomic E-state index is 0.190. The molecule has 1 aliphatic heterocycles. The summed E-state index contributed by atoms with van der Waals surface area (Å²) < 4.78 is 31.8. The summed E-state index contributed by atoms with van der Waals surface area (Å²) in [6.07, 6.45) is 3.77. The van der Waals surface area contributed by atoms with E-state index in [1.807, 2.05) is 18.2 Å². The van der Waals surface area contributed by atoms with Crippen molar-refractivity contribution in [2.75, 3.05) is 13.2 Å². The molecule has 6 heteroatoms. The predicted molar refractivity (Wildman–Crippen MR) is 114 cm³/mol. The average molecular weight is 411 g/mol. The molecular weight excluding hydrogens is 384 g/mol. The fourth-order valence-electron chi connectivity index (χ4n) is 3.97. The van der Waals surface area contributed by atoms with Crippen LogP contribution in [0, 0.1) is 0 Å². The SMILES string of the molecule is CC(C)N1CCC[C@H]1COc1ccc2ncc(S(=O)(=O)c3ccccc3)cc2c1. The van der Waals surface area contributed by atoms with Crippen LogP contribution in [-0.2, 0) is 9.84 Å². The molecule has 0 unspecified atom stereocenters. The Bertz CT molecular complexity index is 1100. The molecule has 152 valence electrons. The molecule has 0 bridgehead atoms. The summed E-state index contributed by atoms with van der Waals surface area (Å²) in [4.78, 5) is 7.28. The first-order valence-corrected chi connectivity index (χ1v) is 11.5. The van der Waals surface area contributed by atoms with Gasteiger partial charge in [0.25, 0.3) is 0 Å². The highest BCUT2D eigenvalue weighted by atomic mass is 32.2. The Morgan fingerprint density at radius 3 is 2.66 bits per heavy atom. The van der Waals surface area contributed by atoms with E-state index in [1.54, 1.807) is 36.4 Å². The number of fused-ring (bicyclic) bond motifs is 1. The van der Waals surface area contributed by atoms with Gasteiger partial charge in [-0.25, -0.2) is 8.42 Å². The number of likely N-dealkylation sites (tertiary alicyclic amines) is 1. The van der Waals surface area contributed by atoms with E-state index in [2.05, 4.69) is 23.7 Å². The number of pyridine rings is 1. The molecule has 3 aromatic rings. The van der Waals surface area contributed by atoms with Crippen LogP contribution in [0.3, 0.4) is 0 Å². The third-order valence-electron chi connectivity index (χ3n) is 5.52. The molecule has 2 aromatic carbocycles. The van der Waals surface area contributed by atoms with Gasteiger partial charge in [-0.15, -0.1) is 0 Å². The van der Waals surface area contributed by atoms with Gasteiger partial charge in [0.1, 0.15) is 12.4 Å². The van der Waals surface area contributed by atoms with Gasteiger partial charge < -0.3 is 4.74 Å². The van der Waals surface area contributed by atoms with Crippen molar-refractivity contribution in [3.05, 3.63) is 60.8 Å². The number of rotatable bonds is 6. The van der Waals surface area contributed by atoms with Crippen LogP contribution in [0.2, 0.25) is 0 Å². The first-order chi connectivity index (χ1) is 13.9. The lowest BCUT2D eigenvalue weighted by Gasteiger charge is -2.28. The van der Waals surface area contributed by atoms with Crippen LogP contribution >= 0.6 is 0 Å². The van der Waals surface area contributed by atoms with E-state index >= 15 is 0 Å². The lowest BCUT2D eigenvalue weighted by molar-refractivity contribution is 0.144. The summed E-state index contributed by atoms with van der Waals surface area (Å²) in [6, 6.07) is 16.7. The van der Waals surface area contributed by atoms with Crippen molar-refractivity contribution in [3.8, 4) is 5.75 Å². The van der Waals surface area contributed by atoms with Crippen LogP contribution in [0.4, 0.5) is 0 Å². The van der Waals surface area contributed by atoms with E-state index in [0.29, 0.717) is 18.7 Å². The summed E-state index contributed by atoms with van der Waals surface area (Å²) in [5.74, 6) is 0.740. The molecule has 1 fully saturated rings. The molecule has 0 aliphatic carbocycles. The molecule has 0 radical (unpaired) electrons. The average Bonchev–Trinajstić information content (AvgIpc) is 3.21. The normalized spacial score (nSPS) is 17.8. The number of nitrogens with zero attached hydrogens (tertiary/aromatic N) is 2. The Hall–Kier alpha value is -2.44. The highest BCUT2D eigenvalue weighted by molar-refractivity contribution is 7.91. The van der Waals surface area contributed by atoms with Gasteiger partial charge in [-0.1, -0.05) is 18.2 Å². The second-order valence-corrected chi connectivity index (χ2v) is 9.73. The molecule has 1 aliphatic rings. The number of hydrogen-bond acceptors (Lipinski definition) is 5. The second-order valence-electron chi connectivity index (χ2n) is 7.78. The molecule has 29 heavy (non-hydrogen) atoms. The van der Waals surface area contributed by atoms with Gasteiger partial charge >= 0.3 is 0 Å². The highest BCUT2D eigenvalue weighted by Crippen LogP contribution is 2.27. The zero-order valence-corrected chi connectivity index (χ0v) is 17.6. The maximum atomic E-state index is 12.9. The van der Waals surface area contributed by atoms with E-state index in [9.17, 15) is 8.42 Å². The number of aromatic nitrogens is 1. The topological polar surface area (TPSA) is 59.5 Å². The molecule has 0 spiro atoms. The summed E-state index contributed by atoms with van der Waals surface area (Å²) in [5, 5.41) is 0.756. The monoisotopic (exact) mass is 410 g/mol. The third kappa shape index (κ3) is 4.14. The van der Waals surface area contributed by atoms with E-state index in [4.69, 9.17) is 4.74 Å². The summed E-state index contributed by atoms with van der Waals surface area (Å²) in [7, 11) is -3.60. The Morgan fingerprint density at radius 1 is 1.10 bits per heavy atom. The van der Waals surface area contributed by atoms with Crippen molar-refractivity contribution < 1.29 is 13.2 Å². The molecular formula is C23H26N2O3S. The standard InChI is InChI=1S/C23H26N2O3S/c1-17(2)25-12-6-7-19(25)16-28-20-10-11-23-18(13-20)14-22(15-24-23)29(26,27)21-8-4-3-5-9-21/h3-5,8-11,13-15,17,19H,6-7,12,16H2,1-2H3/t19-/m0/s1. The Labute approximate surface area is 172 Å². The van der Waals surface area contributed by atoms with Gasteiger partial charge in [-0.3, -0.25) is 9.88 Å². The van der Waals surface area contributed by atoms with Crippen molar-refractivity contribution in [1.29, 1.82) is 0 Å². The fourth-order valence-corrected chi connectivity index (χ4v) is 5.23. The lowest BCUT2D eigenvalue weighted by Crippen LogP contribution is -2.39. The Balaban J connectivity index is 1.57. The minimum atomic E-state index is -3.60. The smallest absolute Gasteiger partial charge is 0.208 e. The predicted octanol–water partition coefficient (Wildman–Crippen LogP) is 4.32. The van der Waals surface area contributed by atoms with Crippen LogP contribution in [0.25, 0.3) is 10.9 Å². The summed E-state index contributed by atoms with van der Waals surface area (Å²) in [5.41, 5.74) is 0.744. The zero-order valence-electron chi connectivity index (χ0n) is 16.8. The lowest BCUT2D eigenvalue weighted by atomic mass is 10.2. The van der Waals surface area contributed by atoms with Crippen molar-refractivity contribution in [2.45, 2.75) is 48.6 Å². The number of benzene rings is 2. The van der Waals surface area contributed by atoms with Crippen molar-refractivity contribution in [2.24, 2.45) is 0 Å². The van der Waals surface area contributed by atoms with Gasteiger partial charge in [0.15, 0.2) is 0 Å². The van der Waals surface area contributed by atoms with E-state index in [-0.39, 0.29) is 9.79 Å². The first kappa shape index (κ1) is 19.9. The maximum Gasteiger partial charge on any atom is 0.208 e. The first-order valence-electron chi connectivity index (χ1n) is 10.0. The largest absolute Gasteiger partial charge is 0.492 e. The van der Waals surface area contributed by atoms with E-state index < -0.39 is 9.84 Å². The zero-order chi connectivity index (χ0) is 20.4. The molecule has 0 amide bonds. The van der Waals surface area contributed by atoms with Crippen LogP contribution < -0.4 is 4.74 Å². The number of ether oxygens (including phenoxy) is 1. The van der Waals surface area contributed by atoms with Gasteiger partial charge in [0.2, 0.25) is 9.84 Å². The maximum absolute atomic E-state index is 12.9. The van der Waals surface area contributed by atoms with Gasteiger partial charge in [0, 0.05) is 23.7 Å². The molecule has 1 saturated heterocycles. The van der Waals surface area contributed by atoms with Crippen molar-refractivity contribution >= 4 is 20.7 Å². The van der Waals surface area contributed by atoms with Gasteiger partial charge in [-0.2, -0.15) is 0 Å². The molecule has 5 nitrogen and oxygen atoms in total. The van der Waals surface area contributed by atoms with Crippen LogP contribution in [-0.4, -0.2) is 43.5 Å². The molecule has 1 atom stereocenters. The van der Waals surface area contributed by atoms with E-state index in [1.165, 1.54) is 12.6 Å². The van der Waals surface area contributed by atoms with Crippen LogP contribution in [0.5, 0.6) is 5.75 Å². The minimum Gasteiger partial charge on any atom is -0.492 e. The van der Waals surface area contributed by atoms with Crippen molar-refractivity contribution in [3.63, 3.8) is 0 Å². The quantitative estimate of drug-likeness (QED) is 0.606. The molecule has 0 N–H and O–H groups in total. The number of sulfone groups is 1. The highest BCUT2D eigenvalue weighted by Gasteiger charge is 2.27. The molecule has 2 heterocycles. The summed E-state index contributed by atoms with van der Waals surface area (Å²) in [6.45, 7) is 6.19. The Morgan fingerprint density at radius 2 is 1.90 bits per heavy atom. The Kier molecular flexibility index (Phi) is 5.56. The van der Waals surface area contributed by atoms with Crippen LogP contribution in [0.15, 0.2) is 70.6 Å². The summed E-state index contributed by atoms with van der Waals surface area (Å²) >= 11 is 0. The molecule has 0 saturated carbocycles. The number of hydrogen-bond donors (Lipinski definition) is 0. The molecule has 4 rings (SSSR count). The van der Waals surface area contributed by atoms with Gasteiger partial charge in [-0.05, 0) is 69.6 Å². The third-order valence-corrected chi connectivity index (χ3v) is 7.26. The fraction of sp³-hybridized carbons (Fsp3) is 0.348. The molecule has 1 aromatic heterocycles. The second kappa shape index (κ2) is 8.13. The van der Waals surface area contributed by atoms with Crippen LogP contribution in [0.1, 0.15) is 26.7 Å². The van der Waals surface area contributed by atoms with E-state index in [0.717, 1.165) is 29.6 Å². The van der Waals surface area contributed by atoms with Crippen molar-refractivity contribution in [1.82, 2.24) is 9.88 Å². The van der Waals surface area contributed by atoms with Gasteiger partial charge in [0.05, 0.1) is 15.3 Å².